The van der Waals surface area contributed by atoms with Crippen molar-refractivity contribution in [3.63, 3.8) is 0 Å². The highest BCUT2D eigenvalue weighted by atomic mass is 16.5. The van der Waals surface area contributed by atoms with Crippen LogP contribution in [0.3, 0.4) is 0 Å². The minimum atomic E-state index is -0.622. The average Bonchev–Trinajstić information content (AvgIpc) is 2.14. The lowest BCUT2D eigenvalue weighted by atomic mass is 9.90. The van der Waals surface area contributed by atoms with Crippen LogP contribution >= 0.6 is 0 Å². The molecule has 0 saturated carbocycles. The van der Waals surface area contributed by atoms with Crippen molar-refractivity contribution in [3.8, 4) is 0 Å². The highest BCUT2D eigenvalue weighted by Crippen LogP contribution is 2.22. The first kappa shape index (κ1) is 12.7. The van der Waals surface area contributed by atoms with Gasteiger partial charge >= 0.3 is 5.97 Å². The quantitative estimate of drug-likeness (QED) is 0.302. The second-order valence-electron chi connectivity index (χ2n) is 3.51. The maximum Gasteiger partial charge on any atom is 0.311 e. The number of carbonyl (C=O) groups is 1. The third kappa shape index (κ3) is 4.69. The molecular formula is C8H16N4O2. The Morgan fingerprint density at radius 2 is 2.29 bits per heavy atom. The number of carbonyl (C=O) groups excluding carboxylic acids is 1. The van der Waals surface area contributed by atoms with Crippen molar-refractivity contribution >= 4 is 5.97 Å². The van der Waals surface area contributed by atoms with Crippen LogP contribution in [0.5, 0.6) is 0 Å². The summed E-state index contributed by atoms with van der Waals surface area (Å²) in [6.45, 7) is 4.33. The predicted octanol–water partition coefficient (Wildman–Crippen LogP) is 1.21. The Bertz CT molecular complexity index is 233. The minimum absolute atomic E-state index is 0.226. The van der Waals surface area contributed by atoms with Crippen LogP contribution in [0.25, 0.3) is 10.4 Å². The topological polar surface area (TPSA) is 101 Å². The van der Waals surface area contributed by atoms with E-state index in [4.69, 9.17) is 16.0 Å². The zero-order valence-electron chi connectivity index (χ0n) is 8.56. The Labute approximate surface area is 83.0 Å². The van der Waals surface area contributed by atoms with Gasteiger partial charge in [-0.3, -0.25) is 4.79 Å². The summed E-state index contributed by atoms with van der Waals surface area (Å²) in [5, 5.41) is 3.37. The van der Waals surface area contributed by atoms with Gasteiger partial charge in [0.05, 0.1) is 5.41 Å². The molecule has 0 rings (SSSR count). The fourth-order valence-electron chi connectivity index (χ4n) is 0.823. The number of nitrogens with zero attached hydrogens (tertiary/aromatic N) is 3. The minimum Gasteiger partial charge on any atom is -0.464 e. The fraction of sp³-hybridized carbons (Fsp3) is 0.875. The van der Waals surface area contributed by atoms with Crippen molar-refractivity contribution in [1.82, 2.24) is 0 Å². The van der Waals surface area contributed by atoms with Gasteiger partial charge in [0.15, 0.2) is 0 Å². The van der Waals surface area contributed by atoms with E-state index in [1.807, 2.05) is 0 Å². The van der Waals surface area contributed by atoms with E-state index < -0.39 is 5.41 Å². The summed E-state index contributed by atoms with van der Waals surface area (Å²) in [6.07, 6.45) is 0.473. The van der Waals surface area contributed by atoms with Crippen molar-refractivity contribution in [2.45, 2.75) is 20.3 Å². The Hall–Kier alpha value is -1.26. The van der Waals surface area contributed by atoms with Gasteiger partial charge in [0.1, 0.15) is 6.61 Å². The van der Waals surface area contributed by atoms with Gasteiger partial charge in [0.25, 0.3) is 0 Å². The molecule has 0 aliphatic rings. The van der Waals surface area contributed by atoms with Crippen molar-refractivity contribution in [2.75, 3.05) is 19.7 Å². The second kappa shape index (κ2) is 6.23. The van der Waals surface area contributed by atoms with Crippen molar-refractivity contribution in [3.05, 3.63) is 10.4 Å². The van der Waals surface area contributed by atoms with Crippen LogP contribution in [0.2, 0.25) is 0 Å². The molecule has 2 N–H and O–H groups in total. The number of ether oxygens (including phenoxy) is 1. The number of hydrogen-bond acceptors (Lipinski definition) is 4. The normalized spacial score (nSPS) is 10.5. The van der Waals surface area contributed by atoms with Crippen LogP contribution in [0.15, 0.2) is 5.11 Å². The summed E-state index contributed by atoms with van der Waals surface area (Å²) in [6, 6.07) is 0. The molecule has 0 aromatic carbocycles. The summed E-state index contributed by atoms with van der Waals surface area (Å²) < 4.78 is 4.89. The van der Waals surface area contributed by atoms with Gasteiger partial charge in [-0.1, -0.05) is 5.11 Å². The summed E-state index contributed by atoms with van der Waals surface area (Å²) >= 11 is 0. The third-order valence-electron chi connectivity index (χ3n) is 1.80. The van der Waals surface area contributed by atoms with Gasteiger partial charge in [-0.2, -0.15) is 0 Å². The van der Waals surface area contributed by atoms with E-state index in [2.05, 4.69) is 10.0 Å². The lowest BCUT2D eigenvalue weighted by Crippen LogP contribution is -2.29. The molecule has 0 atom stereocenters. The zero-order valence-corrected chi connectivity index (χ0v) is 8.56. The van der Waals surface area contributed by atoms with E-state index in [1.54, 1.807) is 13.8 Å². The largest absolute Gasteiger partial charge is 0.464 e. The Balaban J connectivity index is 4.01. The van der Waals surface area contributed by atoms with E-state index >= 15 is 0 Å². The fourth-order valence-corrected chi connectivity index (χ4v) is 0.823. The molecule has 0 unspecified atom stereocenters. The molecule has 0 heterocycles. The van der Waals surface area contributed by atoms with E-state index in [1.165, 1.54) is 0 Å². The number of nitrogens with two attached hydrogens (primary N) is 1. The third-order valence-corrected chi connectivity index (χ3v) is 1.80. The number of azide groups is 1. The predicted molar refractivity (Wildman–Crippen MR) is 52.4 cm³/mol. The first-order valence-electron chi connectivity index (χ1n) is 4.42. The van der Waals surface area contributed by atoms with E-state index in [-0.39, 0.29) is 12.6 Å². The van der Waals surface area contributed by atoms with Gasteiger partial charge in [-0.05, 0) is 25.8 Å². The number of hydrogen-bond donors (Lipinski definition) is 1. The lowest BCUT2D eigenvalue weighted by molar-refractivity contribution is -0.153. The molecule has 0 aliphatic carbocycles. The first-order chi connectivity index (χ1) is 6.54. The molecule has 0 aliphatic heterocycles. The van der Waals surface area contributed by atoms with Gasteiger partial charge in [-0.15, -0.1) is 0 Å². The zero-order chi connectivity index (χ0) is 11.0. The molecule has 0 saturated heterocycles. The molecule has 0 amide bonds. The molecule has 0 spiro atoms. The summed E-state index contributed by atoms with van der Waals surface area (Å²) in [4.78, 5) is 14.0. The lowest BCUT2D eigenvalue weighted by Gasteiger charge is -2.21. The average molecular weight is 200 g/mol. The molecular weight excluding hydrogens is 184 g/mol. The van der Waals surface area contributed by atoms with Crippen LogP contribution in [0, 0.1) is 5.41 Å². The van der Waals surface area contributed by atoms with Gasteiger partial charge in [0.2, 0.25) is 0 Å². The van der Waals surface area contributed by atoms with Crippen LogP contribution in [-0.2, 0) is 9.53 Å². The van der Waals surface area contributed by atoms with Crippen molar-refractivity contribution < 1.29 is 9.53 Å². The maximum absolute atomic E-state index is 11.4. The maximum atomic E-state index is 11.4. The Kier molecular flexibility index (Phi) is 5.67. The van der Waals surface area contributed by atoms with Crippen LogP contribution in [0.1, 0.15) is 20.3 Å². The second-order valence-corrected chi connectivity index (χ2v) is 3.51. The van der Waals surface area contributed by atoms with Crippen molar-refractivity contribution in [1.29, 1.82) is 0 Å². The van der Waals surface area contributed by atoms with Crippen LogP contribution < -0.4 is 5.73 Å². The molecule has 80 valence electrons. The summed E-state index contributed by atoms with van der Waals surface area (Å²) in [5.74, 6) is -0.309. The SMILES string of the molecule is CC(C)(CCN=[N+]=[N-])C(=O)OCCN. The standard InChI is InChI=1S/C8H16N4O2/c1-8(2,3-5-11-12-10)7(13)14-6-4-9/h3-6,9H2,1-2H3. The molecule has 6 nitrogen and oxygen atoms in total. The van der Waals surface area contributed by atoms with E-state index in [9.17, 15) is 4.79 Å². The molecule has 14 heavy (non-hydrogen) atoms. The number of rotatable bonds is 6. The van der Waals surface area contributed by atoms with Gasteiger partial charge in [0, 0.05) is 18.0 Å². The highest BCUT2D eigenvalue weighted by Gasteiger charge is 2.28. The van der Waals surface area contributed by atoms with Gasteiger partial charge < -0.3 is 10.5 Å². The monoisotopic (exact) mass is 200 g/mol. The Morgan fingerprint density at radius 1 is 1.64 bits per heavy atom. The van der Waals surface area contributed by atoms with Crippen LogP contribution in [0.4, 0.5) is 0 Å². The van der Waals surface area contributed by atoms with E-state index in [0.29, 0.717) is 19.5 Å². The van der Waals surface area contributed by atoms with Gasteiger partial charge in [-0.25, -0.2) is 0 Å². The number of esters is 1. The Morgan fingerprint density at radius 3 is 2.79 bits per heavy atom. The first-order valence-corrected chi connectivity index (χ1v) is 4.42. The molecule has 0 aromatic rings. The van der Waals surface area contributed by atoms with E-state index in [0.717, 1.165) is 0 Å². The van der Waals surface area contributed by atoms with Crippen molar-refractivity contribution in [2.24, 2.45) is 16.3 Å². The summed E-state index contributed by atoms with van der Waals surface area (Å²) in [7, 11) is 0. The molecule has 0 fully saturated rings. The summed E-state index contributed by atoms with van der Waals surface area (Å²) in [5.41, 5.74) is 12.6. The molecule has 6 heteroatoms. The highest BCUT2D eigenvalue weighted by molar-refractivity contribution is 5.75. The molecule has 0 aromatic heterocycles. The van der Waals surface area contributed by atoms with Crippen LogP contribution in [-0.4, -0.2) is 25.7 Å². The smallest absolute Gasteiger partial charge is 0.311 e. The molecule has 0 radical (unpaired) electrons. The molecule has 0 bridgehead atoms.